The molecular formula is C31H33NO6. The zero-order chi connectivity index (χ0) is 27.2. The number of aromatic nitrogens is 1. The number of ether oxygens (including phenoxy) is 6. The standard InChI is InChI=1S/C31H33NO6/c1-8-19-9-11-20(12-10-19)21-13-24(22-15-26(33-2)30(37-6)27(16-22)34-3)32-25(14-21)23-17-28(35-4)31(38-7)29(18-23)36-5/h9-18H,8H2,1-7H3. The molecule has 0 saturated heterocycles. The van der Waals surface area contributed by atoms with Crippen LogP contribution in [-0.2, 0) is 6.42 Å². The van der Waals surface area contributed by atoms with Gasteiger partial charge in [0, 0.05) is 11.1 Å². The van der Waals surface area contributed by atoms with Crippen molar-refractivity contribution in [2.24, 2.45) is 0 Å². The zero-order valence-electron chi connectivity index (χ0n) is 22.9. The van der Waals surface area contributed by atoms with Crippen molar-refractivity contribution in [3.63, 3.8) is 0 Å². The minimum absolute atomic E-state index is 0.523. The second kappa shape index (κ2) is 11.8. The van der Waals surface area contributed by atoms with E-state index in [1.54, 1.807) is 42.7 Å². The first kappa shape index (κ1) is 26.7. The van der Waals surface area contributed by atoms with E-state index in [9.17, 15) is 0 Å². The topological polar surface area (TPSA) is 68.3 Å². The second-order valence-electron chi connectivity index (χ2n) is 8.50. The van der Waals surface area contributed by atoms with Crippen LogP contribution in [0.15, 0.2) is 60.7 Å². The van der Waals surface area contributed by atoms with Crippen molar-refractivity contribution < 1.29 is 28.4 Å². The van der Waals surface area contributed by atoms with Crippen molar-refractivity contribution in [1.29, 1.82) is 0 Å². The summed E-state index contributed by atoms with van der Waals surface area (Å²) < 4.78 is 33.4. The molecule has 7 heteroatoms. The lowest BCUT2D eigenvalue weighted by Gasteiger charge is -2.17. The number of aryl methyl sites for hydroxylation is 1. The molecular weight excluding hydrogens is 482 g/mol. The molecule has 198 valence electrons. The Bertz CT molecular complexity index is 1280. The van der Waals surface area contributed by atoms with Crippen LogP contribution in [0.5, 0.6) is 34.5 Å². The Hall–Kier alpha value is -4.39. The lowest BCUT2D eigenvalue weighted by Crippen LogP contribution is -1.98. The quantitative estimate of drug-likeness (QED) is 0.233. The number of nitrogens with zero attached hydrogens (tertiary/aromatic N) is 1. The Labute approximate surface area is 223 Å². The van der Waals surface area contributed by atoms with Crippen molar-refractivity contribution in [2.45, 2.75) is 13.3 Å². The molecule has 0 amide bonds. The van der Waals surface area contributed by atoms with Crippen LogP contribution < -0.4 is 28.4 Å². The Morgan fingerprint density at radius 2 is 0.868 bits per heavy atom. The highest BCUT2D eigenvalue weighted by Gasteiger charge is 2.19. The van der Waals surface area contributed by atoms with Crippen LogP contribution in [0.3, 0.4) is 0 Å². The maximum atomic E-state index is 5.60. The van der Waals surface area contributed by atoms with E-state index in [2.05, 4.69) is 43.3 Å². The molecule has 0 saturated carbocycles. The van der Waals surface area contributed by atoms with Crippen molar-refractivity contribution in [3.8, 4) is 68.1 Å². The molecule has 0 bridgehead atoms. The van der Waals surface area contributed by atoms with Gasteiger partial charge in [0.25, 0.3) is 0 Å². The summed E-state index contributed by atoms with van der Waals surface area (Å²) in [7, 11) is 9.56. The highest BCUT2D eigenvalue weighted by atomic mass is 16.5. The van der Waals surface area contributed by atoms with Gasteiger partial charge in [-0.3, -0.25) is 0 Å². The molecule has 1 heterocycles. The lowest BCUT2D eigenvalue weighted by molar-refractivity contribution is 0.324. The Morgan fingerprint density at radius 3 is 1.18 bits per heavy atom. The third kappa shape index (κ3) is 5.18. The molecule has 0 aliphatic rings. The lowest BCUT2D eigenvalue weighted by atomic mass is 9.98. The summed E-state index contributed by atoms with van der Waals surface area (Å²) in [5.74, 6) is 3.25. The van der Waals surface area contributed by atoms with Gasteiger partial charge >= 0.3 is 0 Å². The first-order valence-electron chi connectivity index (χ1n) is 12.2. The Balaban J connectivity index is 1.98. The van der Waals surface area contributed by atoms with Crippen LogP contribution in [0, 0.1) is 0 Å². The number of hydrogen-bond acceptors (Lipinski definition) is 7. The van der Waals surface area contributed by atoms with E-state index in [0.717, 1.165) is 40.1 Å². The van der Waals surface area contributed by atoms with Crippen molar-refractivity contribution >= 4 is 0 Å². The second-order valence-corrected chi connectivity index (χ2v) is 8.50. The predicted molar refractivity (Wildman–Crippen MR) is 149 cm³/mol. The molecule has 4 aromatic rings. The summed E-state index contributed by atoms with van der Waals surface area (Å²) >= 11 is 0. The van der Waals surface area contributed by atoms with Crippen LogP contribution >= 0.6 is 0 Å². The Morgan fingerprint density at radius 1 is 0.474 bits per heavy atom. The van der Waals surface area contributed by atoms with E-state index in [1.165, 1.54) is 5.56 Å². The zero-order valence-corrected chi connectivity index (χ0v) is 22.9. The van der Waals surface area contributed by atoms with Gasteiger partial charge in [-0.1, -0.05) is 31.2 Å². The van der Waals surface area contributed by atoms with Gasteiger partial charge < -0.3 is 28.4 Å². The summed E-state index contributed by atoms with van der Waals surface area (Å²) in [6.45, 7) is 2.15. The average molecular weight is 516 g/mol. The fourth-order valence-corrected chi connectivity index (χ4v) is 4.38. The van der Waals surface area contributed by atoms with E-state index in [0.29, 0.717) is 34.5 Å². The fourth-order valence-electron chi connectivity index (χ4n) is 4.38. The van der Waals surface area contributed by atoms with Gasteiger partial charge in [0.2, 0.25) is 11.5 Å². The third-order valence-corrected chi connectivity index (χ3v) is 6.44. The van der Waals surface area contributed by atoms with Gasteiger partial charge in [-0.05, 0) is 59.5 Å². The van der Waals surface area contributed by atoms with Gasteiger partial charge in [0.1, 0.15) is 0 Å². The summed E-state index contributed by atoms with van der Waals surface area (Å²) in [4.78, 5) is 5.04. The summed E-state index contributed by atoms with van der Waals surface area (Å²) in [5, 5.41) is 0. The van der Waals surface area contributed by atoms with E-state index < -0.39 is 0 Å². The van der Waals surface area contributed by atoms with Gasteiger partial charge in [-0.25, -0.2) is 4.98 Å². The third-order valence-electron chi connectivity index (χ3n) is 6.44. The van der Waals surface area contributed by atoms with Crippen LogP contribution in [0.2, 0.25) is 0 Å². The minimum Gasteiger partial charge on any atom is -0.493 e. The van der Waals surface area contributed by atoms with Crippen LogP contribution in [0.4, 0.5) is 0 Å². The monoisotopic (exact) mass is 515 g/mol. The van der Waals surface area contributed by atoms with Gasteiger partial charge in [0.05, 0.1) is 54.0 Å². The molecule has 0 aliphatic carbocycles. The predicted octanol–water partition coefficient (Wildman–Crippen LogP) is 6.70. The van der Waals surface area contributed by atoms with E-state index >= 15 is 0 Å². The molecule has 38 heavy (non-hydrogen) atoms. The maximum absolute atomic E-state index is 5.60. The first-order valence-corrected chi connectivity index (χ1v) is 12.2. The van der Waals surface area contributed by atoms with Crippen molar-refractivity contribution in [3.05, 3.63) is 66.2 Å². The van der Waals surface area contributed by atoms with E-state index in [-0.39, 0.29) is 0 Å². The van der Waals surface area contributed by atoms with Gasteiger partial charge in [-0.15, -0.1) is 0 Å². The number of methoxy groups -OCH3 is 6. The molecule has 0 aliphatic heterocycles. The van der Waals surface area contributed by atoms with Crippen LogP contribution in [0.1, 0.15) is 12.5 Å². The summed E-state index contributed by atoms with van der Waals surface area (Å²) in [6, 6.07) is 20.3. The largest absolute Gasteiger partial charge is 0.493 e. The number of hydrogen-bond donors (Lipinski definition) is 0. The highest BCUT2D eigenvalue weighted by molar-refractivity contribution is 5.79. The number of pyridine rings is 1. The average Bonchev–Trinajstić information content (AvgIpc) is 2.99. The maximum Gasteiger partial charge on any atom is 0.203 e. The summed E-state index contributed by atoms with van der Waals surface area (Å²) in [6.07, 6.45) is 0.976. The van der Waals surface area contributed by atoms with Crippen LogP contribution in [-0.4, -0.2) is 47.6 Å². The molecule has 0 fully saturated rings. The molecule has 0 atom stereocenters. The Kier molecular flexibility index (Phi) is 8.26. The SMILES string of the molecule is CCc1ccc(-c2cc(-c3cc(OC)c(OC)c(OC)c3)nc(-c3cc(OC)c(OC)c(OC)c3)c2)cc1. The normalized spacial score (nSPS) is 10.6. The first-order chi connectivity index (χ1) is 18.5. The van der Waals surface area contributed by atoms with E-state index in [4.69, 9.17) is 33.4 Å². The molecule has 0 spiro atoms. The summed E-state index contributed by atoms with van der Waals surface area (Å²) in [5.41, 5.74) is 6.48. The van der Waals surface area contributed by atoms with Gasteiger partial charge in [-0.2, -0.15) is 0 Å². The fraction of sp³-hybridized carbons (Fsp3) is 0.258. The molecule has 0 N–H and O–H groups in total. The minimum atomic E-state index is 0.523. The number of benzene rings is 3. The molecule has 0 unspecified atom stereocenters. The van der Waals surface area contributed by atoms with Crippen LogP contribution in [0.25, 0.3) is 33.6 Å². The van der Waals surface area contributed by atoms with Crippen molar-refractivity contribution in [2.75, 3.05) is 42.7 Å². The molecule has 7 nitrogen and oxygen atoms in total. The van der Waals surface area contributed by atoms with Gasteiger partial charge in [0.15, 0.2) is 23.0 Å². The molecule has 4 rings (SSSR count). The molecule has 0 radical (unpaired) electrons. The molecule has 3 aromatic carbocycles. The smallest absolute Gasteiger partial charge is 0.203 e. The number of rotatable bonds is 10. The molecule has 1 aromatic heterocycles. The van der Waals surface area contributed by atoms with Crippen molar-refractivity contribution in [1.82, 2.24) is 4.98 Å². The highest BCUT2D eigenvalue weighted by Crippen LogP contribution is 2.44. The van der Waals surface area contributed by atoms with E-state index in [1.807, 2.05) is 24.3 Å².